The molecular weight excluding hydrogens is 316 g/mol. The molecule has 0 aliphatic carbocycles. The molecule has 0 radical (unpaired) electrons. The lowest BCUT2D eigenvalue weighted by molar-refractivity contribution is 1.11. The zero-order valence-corrected chi connectivity index (χ0v) is 11.5. The first-order valence-electron chi connectivity index (χ1n) is 5.21. The fourth-order valence-corrected chi connectivity index (χ4v) is 2.36. The Labute approximate surface area is 117 Å². The van der Waals surface area contributed by atoms with Crippen LogP contribution in [0.2, 0.25) is 5.02 Å². The molecule has 0 atom stereocenters. The van der Waals surface area contributed by atoms with Gasteiger partial charge in [0.1, 0.15) is 0 Å². The van der Waals surface area contributed by atoms with Crippen molar-refractivity contribution in [1.82, 2.24) is 14.6 Å². The van der Waals surface area contributed by atoms with Gasteiger partial charge < -0.3 is 5.73 Å². The highest BCUT2D eigenvalue weighted by atomic mass is 79.9. The number of rotatable bonds is 1. The Morgan fingerprint density at radius 3 is 2.83 bits per heavy atom. The third-order valence-electron chi connectivity index (χ3n) is 2.59. The van der Waals surface area contributed by atoms with E-state index in [2.05, 4.69) is 26.1 Å². The van der Waals surface area contributed by atoms with Crippen LogP contribution in [0.25, 0.3) is 17.0 Å². The van der Waals surface area contributed by atoms with E-state index in [1.54, 1.807) is 12.3 Å². The maximum absolute atomic E-state index is 6.01. The Balaban J connectivity index is 2.31. The Kier molecular flexibility index (Phi) is 2.72. The molecule has 0 unspecified atom stereocenters. The van der Waals surface area contributed by atoms with E-state index in [1.807, 2.05) is 28.7 Å². The zero-order chi connectivity index (χ0) is 12.7. The molecule has 0 saturated carbocycles. The van der Waals surface area contributed by atoms with Gasteiger partial charge in [0.25, 0.3) is 0 Å². The van der Waals surface area contributed by atoms with Gasteiger partial charge >= 0.3 is 0 Å². The zero-order valence-electron chi connectivity index (χ0n) is 9.14. The maximum Gasteiger partial charge on any atom is 0.169 e. The van der Waals surface area contributed by atoms with Crippen molar-refractivity contribution in [3.05, 3.63) is 46.0 Å². The lowest BCUT2D eigenvalue weighted by atomic mass is 10.2. The summed E-state index contributed by atoms with van der Waals surface area (Å²) in [6, 6.07) is 9.15. The van der Waals surface area contributed by atoms with Crippen LogP contribution in [-0.4, -0.2) is 14.6 Å². The summed E-state index contributed by atoms with van der Waals surface area (Å²) in [4.78, 5) is 0. The molecular formula is C12H8BrClN4. The minimum absolute atomic E-state index is 0.647. The Morgan fingerprint density at radius 1 is 1.17 bits per heavy atom. The van der Waals surface area contributed by atoms with E-state index in [1.165, 1.54) is 0 Å². The quantitative estimate of drug-likeness (QED) is 0.747. The van der Waals surface area contributed by atoms with Crippen molar-refractivity contribution in [2.75, 3.05) is 5.73 Å². The molecule has 2 heterocycles. The van der Waals surface area contributed by atoms with Crippen molar-refractivity contribution in [3.63, 3.8) is 0 Å². The molecule has 90 valence electrons. The molecule has 0 bridgehead atoms. The number of halogens is 2. The molecule has 0 saturated heterocycles. The Morgan fingerprint density at radius 2 is 2.00 bits per heavy atom. The molecule has 18 heavy (non-hydrogen) atoms. The Hall–Kier alpha value is -1.59. The highest BCUT2D eigenvalue weighted by Crippen LogP contribution is 2.30. The third-order valence-corrected chi connectivity index (χ3v) is 3.52. The number of anilines is 1. The van der Waals surface area contributed by atoms with Gasteiger partial charge in [-0.05, 0) is 30.3 Å². The summed E-state index contributed by atoms with van der Waals surface area (Å²) in [7, 11) is 0. The highest BCUT2D eigenvalue weighted by Gasteiger charge is 2.11. The molecule has 1 aromatic carbocycles. The molecule has 0 spiro atoms. The average Bonchev–Trinajstić information content (AvgIpc) is 2.75. The van der Waals surface area contributed by atoms with Gasteiger partial charge in [0.15, 0.2) is 11.5 Å². The lowest BCUT2D eigenvalue weighted by Crippen LogP contribution is -1.93. The van der Waals surface area contributed by atoms with Crippen molar-refractivity contribution < 1.29 is 0 Å². The molecule has 4 nitrogen and oxygen atoms in total. The van der Waals surface area contributed by atoms with E-state index in [-0.39, 0.29) is 0 Å². The second-order valence-corrected chi connectivity index (χ2v) is 5.13. The number of hydrogen-bond donors (Lipinski definition) is 1. The van der Waals surface area contributed by atoms with Gasteiger partial charge in [-0.1, -0.05) is 27.5 Å². The van der Waals surface area contributed by atoms with E-state index in [0.717, 1.165) is 15.7 Å². The number of pyridine rings is 1. The van der Waals surface area contributed by atoms with Gasteiger partial charge in [-0.3, -0.25) is 4.40 Å². The largest absolute Gasteiger partial charge is 0.398 e. The SMILES string of the molecule is Nc1ccc2nnc(-c3cc(Cl)ccc3Br)n2c1. The van der Waals surface area contributed by atoms with Crippen LogP contribution in [0.1, 0.15) is 0 Å². The molecule has 2 N–H and O–H groups in total. The van der Waals surface area contributed by atoms with Crippen LogP contribution in [0.5, 0.6) is 0 Å². The molecule has 0 fully saturated rings. The molecule has 2 aromatic heterocycles. The molecule has 3 aromatic rings. The maximum atomic E-state index is 6.01. The fraction of sp³-hybridized carbons (Fsp3) is 0. The van der Waals surface area contributed by atoms with E-state index < -0.39 is 0 Å². The summed E-state index contributed by atoms with van der Waals surface area (Å²) >= 11 is 9.50. The molecule has 6 heteroatoms. The van der Waals surface area contributed by atoms with Crippen molar-refractivity contribution >= 4 is 38.9 Å². The summed E-state index contributed by atoms with van der Waals surface area (Å²) < 4.78 is 2.75. The van der Waals surface area contributed by atoms with Gasteiger partial charge in [-0.15, -0.1) is 10.2 Å². The summed E-state index contributed by atoms with van der Waals surface area (Å²) in [6.07, 6.45) is 1.79. The number of nitrogens with two attached hydrogens (primary N) is 1. The normalized spacial score (nSPS) is 11.0. The highest BCUT2D eigenvalue weighted by molar-refractivity contribution is 9.10. The summed E-state index contributed by atoms with van der Waals surface area (Å²) in [5.74, 6) is 0.701. The van der Waals surface area contributed by atoms with E-state index in [4.69, 9.17) is 17.3 Å². The van der Waals surface area contributed by atoms with Gasteiger partial charge in [0.2, 0.25) is 0 Å². The van der Waals surface area contributed by atoms with E-state index >= 15 is 0 Å². The predicted molar refractivity (Wildman–Crippen MR) is 75.5 cm³/mol. The third kappa shape index (κ3) is 1.85. The summed E-state index contributed by atoms with van der Waals surface area (Å²) in [5, 5.41) is 8.92. The molecule has 0 aliphatic heterocycles. The second kappa shape index (κ2) is 4.26. The standard InChI is InChI=1S/C12H8BrClN4/c13-10-3-1-7(14)5-9(10)12-17-16-11-4-2-8(15)6-18(11)12/h1-6H,15H2. The van der Waals surface area contributed by atoms with Crippen molar-refractivity contribution in [1.29, 1.82) is 0 Å². The fourth-order valence-electron chi connectivity index (χ4n) is 1.76. The summed E-state index contributed by atoms with van der Waals surface area (Å²) in [6.45, 7) is 0. The monoisotopic (exact) mass is 322 g/mol. The topological polar surface area (TPSA) is 56.2 Å². The van der Waals surface area contributed by atoms with Crippen LogP contribution in [0.3, 0.4) is 0 Å². The van der Waals surface area contributed by atoms with E-state index in [9.17, 15) is 0 Å². The van der Waals surface area contributed by atoms with Gasteiger partial charge in [-0.2, -0.15) is 0 Å². The Bertz CT molecular complexity index is 738. The van der Waals surface area contributed by atoms with E-state index in [0.29, 0.717) is 16.5 Å². The molecule has 3 rings (SSSR count). The van der Waals surface area contributed by atoms with Gasteiger partial charge in [0.05, 0.1) is 0 Å². The number of fused-ring (bicyclic) bond motifs is 1. The van der Waals surface area contributed by atoms with Crippen molar-refractivity contribution in [2.24, 2.45) is 0 Å². The van der Waals surface area contributed by atoms with Crippen LogP contribution in [-0.2, 0) is 0 Å². The minimum atomic E-state index is 0.647. The molecule has 0 aliphatic rings. The predicted octanol–water partition coefficient (Wildman–Crippen LogP) is 3.39. The second-order valence-electron chi connectivity index (χ2n) is 3.84. The smallest absolute Gasteiger partial charge is 0.169 e. The number of aromatic nitrogens is 3. The number of nitrogens with zero attached hydrogens (tertiary/aromatic N) is 3. The minimum Gasteiger partial charge on any atom is -0.398 e. The first kappa shape index (κ1) is 11.5. The van der Waals surface area contributed by atoms with Gasteiger partial charge in [0, 0.05) is 26.9 Å². The van der Waals surface area contributed by atoms with Crippen LogP contribution in [0.15, 0.2) is 41.0 Å². The first-order chi connectivity index (χ1) is 8.65. The van der Waals surface area contributed by atoms with Gasteiger partial charge in [-0.25, -0.2) is 0 Å². The van der Waals surface area contributed by atoms with Crippen LogP contribution >= 0.6 is 27.5 Å². The van der Waals surface area contributed by atoms with Crippen LogP contribution in [0.4, 0.5) is 5.69 Å². The average molecular weight is 324 g/mol. The number of hydrogen-bond acceptors (Lipinski definition) is 3. The molecule has 0 amide bonds. The first-order valence-corrected chi connectivity index (χ1v) is 6.38. The van der Waals surface area contributed by atoms with Crippen LogP contribution in [0, 0.1) is 0 Å². The number of nitrogen functional groups attached to an aromatic ring is 1. The van der Waals surface area contributed by atoms with Crippen molar-refractivity contribution in [3.8, 4) is 11.4 Å². The van der Waals surface area contributed by atoms with Crippen molar-refractivity contribution in [2.45, 2.75) is 0 Å². The van der Waals surface area contributed by atoms with Crippen LogP contribution < -0.4 is 5.73 Å². The lowest BCUT2D eigenvalue weighted by Gasteiger charge is -2.04. The number of benzene rings is 1. The summed E-state index contributed by atoms with van der Waals surface area (Å²) in [5.41, 5.74) is 8.06.